The number of hydrogen-bond acceptors (Lipinski definition) is 2. The van der Waals surface area contributed by atoms with Crippen LogP contribution in [-0.4, -0.2) is 26.4 Å². The van der Waals surface area contributed by atoms with Crippen LogP contribution in [0.15, 0.2) is 73.2 Å². The van der Waals surface area contributed by atoms with Gasteiger partial charge in [0.05, 0.1) is 11.7 Å². The summed E-state index contributed by atoms with van der Waals surface area (Å²) >= 11 is 0. The Kier molecular flexibility index (Phi) is 4.57. The van der Waals surface area contributed by atoms with Crippen molar-refractivity contribution in [1.82, 2.24) is 14.5 Å². The number of carbonyl (C=O) groups is 1. The average Bonchev–Trinajstić information content (AvgIpc) is 3.38. The number of rotatable bonds is 6. The van der Waals surface area contributed by atoms with Crippen LogP contribution in [0.5, 0.6) is 0 Å². The number of benzene rings is 1. The fourth-order valence-corrected chi connectivity index (χ4v) is 3.36. The molecule has 132 valence electrons. The number of carbonyl (C=O) groups excluding carboxylic acids is 1. The molecule has 0 spiro atoms. The van der Waals surface area contributed by atoms with Gasteiger partial charge >= 0.3 is 0 Å². The zero-order valence-corrected chi connectivity index (χ0v) is 15.0. The predicted molar refractivity (Wildman–Crippen MR) is 102 cm³/mol. The summed E-state index contributed by atoms with van der Waals surface area (Å²) in [6, 6.07) is 18.2. The Morgan fingerprint density at radius 3 is 2.46 bits per heavy atom. The van der Waals surface area contributed by atoms with Gasteiger partial charge in [-0.15, -0.1) is 0 Å². The Morgan fingerprint density at radius 1 is 1.12 bits per heavy atom. The third-order valence-corrected chi connectivity index (χ3v) is 4.94. The first-order valence-electron chi connectivity index (χ1n) is 9.15. The van der Waals surface area contributed by atoms with Gasteiger partial charge in [-0.05, 0) is 61.7 Å². The SMILES string of the molecule is C[C@@H](c1ccccn1)N(C(=O)c1ccc(Cn2cccc2)cc1)C1CC1. The van der Waals surface area contributed by atoms with Crippen LogP contribution in [0.4, 0.5) is 0 Å². The van der Waals surface area contributed by atoms with Crippen molar-refractivity contribution in [3.63, 3.8) is 0 Å². The molecule has 1 aliphatic rings. The molecular weight excluding hydrogens is 322 g/mol. The first-order valence-corrected chi connectivity index (χ1v) is 9.15. The van der Waals surface area contributed by atoms with E-state index >= 15 is 0 Å². The minimum atomic E-state index is -0.0178. The van der Waals surface area contributed by atoms with Crippen LogP contribution in [0.25, 0.3) is 0 Å². The van der Waals surface area contributed by atoms with Gasteiger partial charge in [-0.1, -0.05) is 18.2 Å². The summed E-state index contributed by atoms with van der Waals surface area (Å²) in [4.78, 5) is 19.6. The Labute approximate surface area is 154 Å². The molecule has 1 saturated carbocycles. The van der Waals surface area contributed by atoms with E-state index in [0.29, 0.717) is 6.04 Å². The van der Waals surface area contributed by atoms with E-state index in [-0.39, 0.29) is 11.9 Å². The van der Waals surface area contributed by atoms with E-state index in [1.54, 1.807) is 6.20 Å². The Bertz CT molecular complexity index is 852. The minimum absolute atomic E-state index is 0.0178. The minimum Gasteiger partial charge on any atom is -0.350 e. The lowest BCUT2D eigenvalue weighted by atomic mass is 10.1. The molecule has 0 N–H and O–H groups in total. The van der Waals surface area contributed by atoms with Gasteiger partial charge in [-0.2, -0.15) is 0 Å². The highest BCUT2D eigenvalue weighted by molar-refractivity contribution is 5.95. The second kappa shape index (κ2) is 7.16. The van der Waals surface area contributed by atoms with Crippen molar-refractivity contribution >= 4 is 5.91 Å². The highest BCUT2D eigenvalue weighted by Gasteiger charge is 2.37. The van der Waals surface area contributed by atoms with Crippen LogP contribution in [0, 0.1) is 0 Å². The van der Waals surface area contributed by atoms with Crippen LogP contribution in [0.1, 0.15) is 47.4 Å². The van der Waals surface area contributed by atoms with Gasteiger partial charge in [0, 0.05) is 36.7 Å². The first kappa shape index (κ1) is 16.6. The number of pyridine rings is 1. The molecule has 0 bridgehead atoms. The summed E-state index contributed by atoms with van der Waals surface area (Å²) < 4.78 is 2.12. The quantitative estimate of drug-likeness (QED) is 0.668. The van der Waals surface area contributed by atoms with Gasteiger partial charge in [0.1, 0.15) is 0 Å². The lowest BCUT2D eigenvalue weighted by Gasteiger charge is -2.29. The first-order chi connectivity index (χ1) is 12.7. The standard InChI is InChI=1S/C22H23N3O/c1-17(21-6-2-3-13-23-21)25(20-11-12-20)22(26)19-9-7-18(8-10-19)16-24-14-4-5-15-24/h2-10,13-15,17,20H,11-12,16H2,1H3/t17-/m0/s1. The molecular formula is C22H23N3O. The second-order valence-electron chi connectivity index (χ2n) is 6.93. The predicted octanol–water partition coefficient (Wildman–Crippen LogP) is 4.30. The topological polar surface area (TPSA) is 38.1 Å². The van der Waals surface area contributed by atoms with Gasteiger partial charge in [-0.25, -0.2) is 0 Å². The van der Waals surface area contributed by atoms with E-state index in [4.69, 9.17) is 0 Å². The van der Waals surface area contributed by atoms with Gasteiger partial charge in [0.25, 0.3) is 5.91 Å². The fourth-order valence-electron chi connectivity index (χ4n) is 3.36. The van der Waals surface area contributed by atoms with Crippen LogP contribution < -0.4 is 0 Å². The molecule has 2 heterocycles. The summed E-state index contributed by atoms with van der Waals surface area (Å²) in [7, 11) is 0. The van der Waals surface area contributed by atoms with Gasteiger partial charge in [-0.3, -0.25) is 9.78 Å². The lowest BCUT2D eigenvalue weighted by Crippen LogP contribution is -2.35. The van der Waals surface area contributed by atoms with E-state index < -0.39 is 0 Å². The maximum Gasteiger partial charge on any atom is 0.254 e. The van der Waals surface area contributed by atoms with Crippen LogP contribution >= 0.6 is 0 Å². The van der Waals surface area contributed by atoms with Crippen molar-refractivity contribution in [1.29, 1.82) is 0 Å². The number of nitrogens with zero attached hydrogens (tertiary/aromatic N) is 3. The monoisotopic (exact) mass is 345 g/mol. The molecule has 4 rings (SSSR count). The Hall–Kier alpha value is -2.88. The molecule has 1 fully saturated rings. The van der Waals surface area contributed by atoms with Crippen LogP contribution in [0.3, 0.4) is 0 Å². The Morgan fingerprint density at radius 2 is 1.85 bits per heavy atom. The summed E-state index contributed by atoms with van der Waals surface area (Å²) in [6.07, 6.45) is 8.03. The van der Waals surface area contributed by atoms with E-state index in [1.807, 2.05) is 71.9 Å². The van der Waals surface area contributed by atoms with Crippen molar-refractivity contribution in [3.8, 4) is 0 Å². The molecule has 1 aromatic carbocycles. The number of hydrogen-bond donors (Lipinski definition) is 0. The third kappa shape index (κ3) is 3.54. The lowest BCUT2D eigenvalue weighted by molar-refractivity contribution is 0.0670. The van der Waals surface area contributed by atoms with Crippen LogP contribution in [0.2, 0.25) is 0 Å². The highest BCUT2D eigenvalue weighted by Crippen LogP contribution is 2.35. The molecule has 4 heteroatoms. The molecule has 2 aromatic heterocycles. The Balaban J connectivity index is 1.52. The van der Waals surface area contributed by atoms with Crippen molar-refractivity contribution in [2.45, 2.75) is 38.4 Å². The maximum absolute atomic E-state index is 13.2. The second-order valence-corrected chi connectivity index (χ2v) is 6.93. The van der Waals surface area contributed by atoms with E-state index in [0.717, 1.165) is 30.6 Å². The molecule has 0 radical (unpaired) electrons. The molecule has 3 aromatic rings. The molecule has 1 atom stereocenters. The molecule has 4 nitrogen and oxygen atoms in total. The molecule has 26 heavy (non-hydrogen) atoms. The van der Waals surface area contributed by atoms with Crippen molar-refractivity contribution in [2.24, 2.45) is 0 Å². The normalized spacial score (nSPS) is 14.8. The molecule has 1 amide bonds. The number of amides is 1. The summed E-state index contributed by atoms with van der Waals surface area (Å²) in [5.74, 6) is 0.0955. The van der Waals surface area contributed by atoms with Crippen molar-refractivity contribution in [2.75, 3.05) is 0 Å². The van der Waals surface area contributed by atoms with Crippen LogP contribution in [-0.2, 0) is 6.54 Å². The number of aromatic nitrogens is 2. The zero-order chi connectivity index (χ0) is 17.9. The molecule has 0 unspecified atom stereocenters. The van der Waals surface area contributed by atoms with Crippen molar-refractivity contribution in [3.05, 3.63) is 90.0 Å². The molecule has 0 saturated heterocycles. The largest absolute Gasteiger partial charge is 0.350 e. The smallest absolute Gasteiger partial charge is 0.254 e. The molecule has 0 aliphatic heterocycles. The third-order valence-electron chi connectivity index (χ3n) is 4.94. The van der Waals surface area contributed by atoms with Gasteiger partial charge < -0.3 is 9.47 Å². The molecule has 1 aliphatic carbocycles. The highest BCUT2D eigenvalue weighted by atomic mass is 16.2. The fraction of sp³-hybridized carbons (Fsp3) is 0.273. The van der Waals surface area contributed by atoms with Gasteiger partial charge in [0.15, 0.2) is 0 Å². The van der Waals surface area contributed by atoms with Crippen molar-refractivity contribution < 1.29 is 4.79 Å². The zero-order valence-electron chi connectivity index (χ0n) is 15.0. The summed E-state index contributed by atoms with van der Waals surface area (Å²) in [6.45, 7) is 2.89. The van der Waals surface area contributed by atoms with E-state index in [9.17, 15) is 4.79 Å². The van der Waals surface area contributed by atoms with E-state index in [2.05, 4.69) is 16.5 Å². The maximum atomic E-state index is 13.2. The summed E-state index contributed by atoms with van der Waals surface area (Å²) in [5.41, 5.74) is 2.88. The average molecular weight is 345 g/mol. The summed E-state index contributed by atoms with van der Waals surface area (Å²) in [5, 5.41) is 0. The van der Waals surface area contributed by atoms with E-state index in [1.165, 1.54) is 5.56 Å². The van der Waals surface area contributed by atoms with Gasteiger partial charge in [0.2, 0.25) is 0 Å².